The molecular weight excluding hydrogens is 469 g/mol. The molecule has 1 atom stereocenters. The molecule has 6 heteroatoms. The van der Waals surface area contributed by atoms with Crippen molar-refractivity contribution in [3.05, 3.63) is 81.9 Å². The molecule has 0 bridgehead atoms. The van der Waals surface area contributed by atoms with Gasteiger partial charge in [-0.25, -0.2) is 0 Å². The third kappa shape index (κ3) is 7.54. The molecule has 2 aliphatic rings. The number of ether oxygens (including phenoxy) is 2. The molecule has 4 nitrogen and oxygen atoms in total. The van der Waals surface area contributed by atoms with Gasteiger partial charge in [0.2, 0.25) is 0 Å². The fourth-order valence-electron chi connectivity index (χ4n) is 3.21. The van der Waals surface area contributed by atoms with Crippen LogP contribution in [0.3, 0.4) is 0 Å². The summed E-state index contributed by atoms with van der Waals surface area (Å²) < 4.78 is 11.7. The van der Waals surface area contributed by atoms with Crippen LogP contribution in [0.15, 0.2) is 60.7 Å². The predicted octanol–water partition coefficient (Wildman–Crippen LogP) is 8.64. The van der Waals surface area contributed by atoms with Gasteiger partial charge in [-0.1, -0.05) is 78.2 Å². The Bertz CT molecular complexity index is 979. The van der Waals surface area contributed by atoms with Gasteiger partial charge in [-0.2, -0.15) is 0 Å². The lowest BCUT2D eigenvalue weighted by Crippen LogP contribution is -2.35. The Morgan fingerprint density at radius 1 is 1.06 bits per heavy atom. The van der Waals surface area contributed by atoms with E-state index in [-0.39, 0.29) is 10.9 Å². The van der Waals surface area contributed by atoms with Gasteiger partial charge in [0.15, 0.2) is 11.5 Å². The summed E-state index contributed by atoms with van der Waals surface area (Å²) in [5.41, 5.74) is 2.48. The highest BCUT2D eigenvalue weighted by Crippen LogP contribution is 2.50. The summed E-state index contributed by atoms with van der Waals surface area (Å²) in [5, 5.41) is 0.589. The Kier molecular flexibility index (Phi) is 11.5. The molecule has 2 aromatic carbocycles. The summed E-state index contributed by atoms with van der Waals surface area (Å²) in [4.78, 5) is 14.6. The van der Waals surface area contributed by atoms with Crippen LogP contribution >= 0.6 is 23.2 Å². The van der Waals surface area contributed by atoms with Gasteiger partial charge in [0.25, 0.3) is 12.2 Å². The Morgan fingerprint density at radius 3 is 2.15 bits per heavy atom. The van der Waals surface area contributed by atoms with Crippen molar-refractivity contribution in [3.63, 3.8) is 0 Å². The molecule has 1 amide bonds. The smallest absolute Gasteiger partial charge is 0.268 e. The average Bonchev–Trinajstić information content (AvgIpc) is 3.34. The minimum absolute atomic E-state index is 0.110. The topological polar surface area (TPSA) is 38.8 Å². The SMILES string of the molecule is C/C=C\C.C=C(C)CC.O=C(c1cc(Cl)c2c(c1Cl)OC(c1ccccc1)O2)N1CCCCC1. The highest BCUT2D eigenvalue weighted by atomic mass is 35.5. The minimum Gasteiger partial charge on any atom is -0.445 e. The van der Waals surface area contributed by atoms with Gasteiger partial charge in [-0.15, -0.1) is 6.58 Å². The second-order valence-corrected chi connectivity index (χ2v) is 8.97. The van der Waals surface area contributed by atoms with Gasteiger partial charge in [0, 0.05) is 18.7 Å². The molecule has 0 radical (unpaired) electrons. The molecule has 4 rings (SSSR count). The van der Waals surface area contributed by atoms with Crippen LogP contribution in [0.2, 0.25) is 10.0 Å². The van der Waals surface area contributed by atoms with Gasteiger partial charge >= 0.3 is 0 Å². The van der Waals surface area contributed by atoms with Crippen molar-refractivity contribution in [2.45, 2.75) is 59.7 Å². The number of hydrogen-bond acceptors (Lipinski definition) is 3. The zero-order valence-electron chi connectivity index (χ0n) is 20.6. The number of likely N-dealkylation sites (tertiary alicyclic amines) is 1. The molecule has 0 aliphatic carbocycles. The Balaban J connectivity index is 0.000000391. The first kappa shape index (κ1) is 27.8. The van der Waals surface area contributed by atoms with E-state index < -0.39 is 6.29 Å². The highest BCUT2D eigenvalue weighted by Gasteiger charge is 2.34. The monoisotopic (exact) mass is 503 g/mol. The number of carbonyl (C=O) groups excluding carboxylic acids is 1. The largest absolute Gasteiger partial charge is 0.445 e. The normalized spacial score (nSPS) is 16.3. The lowest BCUT2D eigenvalue weighted by molar-refractivity contribution is 0.0487. The number of rotatable bonds is 3. The second kappa shape index (κ2) is 14.1. The molecule has 184 valence electrons. The standard InChI is InChI=1S/C19H17Cl2NO3.C5H10.C4H8/c20-14-11-13(18(23)22-9-5-2-6-10-22)15(21)17-16(14)24-19(25-17)12-7-3-1-4-8-12;1-4-5(2)3;1-3-4-2/h1,3-4,7-8,11,19H,2,5-6,9-10H2;2,4H2,1,3H3;3-4H,1-2H3/b;;4-3-. The summed E-state index contributed by atoms with van der Waals surface area (Å²) in [6.07, 6.45) is 7.67. The summed E-state index contributed by atoms with van der Waals surface area (Å²) in [7, 11) is 0. The van der Waals surface area contributed by atoms with E-state index in [1.807, 2.05) is 68.2 Å². The van der Waals surface area contributed by atoms with Crippen molar-refractivity contribution < 1.29 is 14.3 Å². The molecule has 2 heterocycles. The fourth-order valence-corrected chi connectivity index (χ4v) is 3.71. The number of halogens is 2. The number of amides is 1. The van der Waals surface area contributed by atoms with Crippen LogP contribution in [0.4, 0.5) is 0 Å². The van der Waals surface area contributed by atoms with Crippen molar-refractivity contribution in [2.75, 3.05) is 13.1 Å². The van der Waals surface area contributed by atoms with Crippen molar-refractivity contribution in [2.24, 2.45) is 0 Å². The second-order valence-electron chi connectivity index (χ2n) is 8.19. The quantitative estimate of drug-likeness (QED) is 0.393. The maximum atomic E-state index is 12.8. The molecule has 34 heavy (non-hydrogen) atoms. The molecule has 1 saturated heterocycles. The van der Waals surface area contributed by atoms with Crippen LogP contribution in [0.25, 0.3) is 0 Å². The molecule has 0 saturated carbocycles. The third-order valence-corrected chi connectivity index (χ3v) is 6.12. The summed E-state index contributed by atoms with van der Waals surface area (Å²) >= 11 is 12.8. The van der Waals surface area contributed by atoms with Crippen LogP contribution in [-0.2, 0) is 0 Å². The fraction of sp³-hybridized carbons (Fsp3) is 0.393. The zero-order valence-corrected chi connectivity index (χ0v) is 22.1. The number of nitrogens with zero attached hydrogens (tertiary/aromatic N) is 1. The lowest BCUT2D eigenvalue weighted by atomic mass is 10.1. The van der Waals surface area contributed by atoms with Crippen molar-refractivity contribution in [1.29, 1.82) is 0 Å². The molecule has 1 fully saturated rings. The number of hydrogen-bond donors (Lipinski definition) is 0. The molecule has 2 aromatic rings. The van der Waals surface area contributed by atoms with Crippen molar-refractivity contribution >= 4 is 29.1 Å². The van der Waals surface area contributed by atoms with Crippen molar-refractivity contribution in [1.82, 2.24) is 4.90 Å². The van der Waals surface area contributed by atoms with E-state index in [2.05, 4.69) is 13.5 Å². The Labute approximate surface area is 214 Å². The van der Waals surface area contributed by atoms with E-state index in [0.717, 1.165) is 44.3 Å². The average molecular weight is 504 g/mol. The molecule has 1 unspecified atom stereocenters. The number of carbonyl (C=O) groups is 1. The Hall–Kier alpha value is -2.43. The van der Waals surface area contributed by atoms with E-state index in [4.69, 9.17) is 32.7 Å². The first-order valence-corrected chi connectivity index (χ1v) is 12.5. The molecule has 2 aliphatic heterocycles. The van der Waals surface area contributed by atoms with Crippen LogP contribution in [0.5, 0.6) is 11.5 Å². The number of piperidine rings is 1. The van der Waals surface area contributed by atoms with E-state index in [9.17, 15) is 4.79 Å². The van der Waals surface area contributed by atoms with Gasteiger partial charge < -0.3 is 14.4 Å². The molecule has 0 aromatic heterocycles. The summed E-state index contributed by atoms with van der Waals surface area (Å²) in [5.74, 6) is 0.611. The maximum absolute atomic E-state index is 12.8. The van der Waals surface area contributed by atoms with Gasteiger partial charge in [0.05, 0.1) is 15.6 Å². The van der Waals surface area contributed by atoms with Crippen LogP contribution in [0.1, 0.15) is 75.6 Å². The van der Waals surface area contributed by atoms with Crippen molar-refractivity contribution in [3.8, 4) is 11.5 Å². The number of allylic oxidation sites excluding steroid dienone is 3. The van der Waals surface area contributed by atoms with Gasteiger partial charge in [0.1, 0.15) is 0 Å². The first-order valence-electron chi connectivity index (χ1n) is 11.7. The third-order valence-electron chi connectivity index (χ3n) is 5.46. The highest BCUT2D eigenvalue weighted by molar-refractivity contribution is 6.38. The minimum atomic E-state index is -0.619. The zero-order chi connectivity index (χ0) is 25.1. The van der Waals surface area contributed by atoms with Crippen LogP contribution in [0, 0.1) is 0 Å². The van der Waals surface area contributed by atoms with Gasteiger partial charge in [-0.05, 0) is 52.5 Å². The lowest BCUT2D eigenvalue weighted by Gasteiger charge is -2.27. The Morgan fingerprint density at radius 2 is 1.62 bits per heavy atom. The molecule has 0 N–H and O–H groups in total. The van der Waals surface area contributed by atoms with E-state index >= 15 is 0 Å². The summed E-state index contributed by atoms with van der Waals surface area (Å²) in [6.45, 7) is 13.3. The van der Waals surface area contributed by atoms with E-state index in [1.54, 1.807) is 6.07 Å². The number of benzene rings is 2. The molecule has 0 spiro atoms. The maximum Gasteiger partial charge on any atom is 0.268 e. The van der Waals surface area contributed by atoms with E-state index in [0.29, 0.717) is 22.1 Å². The summed E-state index contributed by atoms with van der Waals surface area (Å²) in [6, 6.07) is 11.1. The number of fused-ring (bicyclic) bond motifs is 1. The predicted molar refractivity (Wildman–Crippen MR) is 142 cm³/mol. The van der Waals surface area contributed by atoms with Crippen LogP contribution in [-0.4, -0.2) is 23.9 Å². The molecular formula is C28H35Cl2NO3. The van der Waals surface area contributed by atoms with Crippen LogP contribution < -0.4 is 9.47 Å². The van der Waals surface area contributed by atoms with Gasteiger partial charge in [-0.3, -0.25) is 4.79 Å². The van der Waals surface area contributed by atoms with E-state index in [1.165, 1.54) is 5.57 Å². The first-order chi connectivity index (χ1) is 16.3.